The molecule has 1 aliphatic carbocycles. The van der Waals surface area contributed by atoms with Crippen molar-refractivity contribution >= 4 is 21.7 Å². The van der Waals surface area contributed by atoms with Gasteiger partial charge in [-0.2, -0.15) is 0 Å². The predicted molar refractivity (Wildman–Crippen MR) is 89.7 cm³/mol. The monoisotopic (exact) mass is 352 g/mol. The van der Waals surface area contributed by atoms with Crippen molar-refractivity contribution in [2.75, 3.05) is 7.11 Å². The van der Waals surface area contributed by atoms with Crippen molar-refractivity contribution < 1.29 is 9.53 Å². The summed E-state index contributed by atoms with van der Waals surface area (Å²) in [4.78, 5) is 12.5. The number of methoxy groups -OCH3 is 1. The highest BCUT2D eigenvalue weighted by Crippen LogP contribution is 2.34. The van der Waals surface area contributed by atoms with Crippen molar-refractivity contribution in [2.24, 2.45) is 17.8 Å². The quantitative estimate of drug-likeness (QED) is 0.742. The van der Waals surface area contributed by atoms with Crippen LogP contribution in [0.3, 0.4) is 0 Å². The van der Waals surface area contributed by atoms with Gasteiger partial charge in [-0.05, 0) is 71.1 Å². The fourth-order valence-corrected chi connectivity index (χ4v) is 3.86. The Kier molecular flexibility index (Phi) is 5.86. The molecule has 116 valence electrons. The lowest BCUT2D eigenvalue weighted by atomic mass is 9.75. The number of halogens is 1. The van der Waals surface area contributed by atoms with Gasteiger partial charge in [0.25, 0.3) is 0 Å². The number of carbonyl (C=O) groups is 1. The van der Waals surface area contributed by atoms with Gasteiger partial charge >= 0.3 is 0 Å². The van der Waals surface area contributed by atoms with Crippen molar-refractivity contribution in [1.29, 1.82) is 0 Å². The molecule has 1 aliphatic rings. The van der Waals surface area contributed by atoms with E-state index >= 15 is 0 Å². The van der Waals surface area contributed by atoms with Gasteiger partial charge in [0.2, 0.25) is 0 Å². The van der Waals surface area contributed by atoms with Crippen LogP contribution in [0.5, 0.6) is 5.75 Å². The first-order valence-corrected chi connectivity index (χ1v) is 8.65. The first kappa shape index (κ1) is 16.5. The molecule has 21 heavy (non-hydrogen) atoms. The Morgan fingerprint density at radius 3 is 2.48 bits per heavy atom. The maximum Gasteiger partial charge on any atom is 0.140 e. The van der Waals surface area contributed by atoms with Crippen LogP contribution in [-0.2, 0) is 11.2 Å². The highest BCUT2D eigenvalue weighted by Gasteiger charge is 2.27. The van der Waals surface area contributed by atoms with E-state index in [2.05, 4.69) is 29.8 Å². The minimum atomic E-state index is 0.265. The molecule has 0 spiro atoms. The summed E-state index contributed by atoms with van der Waals surface area (Å²) >= 11 is 3.48. The molecule has 0 amide bonds. The van der Waals surface area contributed by atoms with E-state index in [0.717, 1.165) is 40.5 Å². The number of Topliss-reactive ketones (excluding diaryl/α,β-unsaturated/α-hetero) is 1. The fourth-order valence-electron chi connectivity index (χ4n) is 3.27. The van der Waals surface area contributed by atoms with Gasteiger partial charge in [0.1, 0.15) is 11.5 Å². The predicted octanol–water partition coefficient (Wildman–Crippen LogP) is 5.03. The Bertz CT molecular complexity index is 488. The smallest absolute Gasteiger partial charge is 0.140 e. The zero-order valence-corrected chi connectivity index (χ0v) is 14.8. The topological polar surface area (TPSA) is 26.3 Å². The third kappa shape index (κ3) is 4.32. The average Bonchev–Trinajstić information content (AvgIpc) is 2.47. The minimum Gasteiger partial charge on any atom is -0.496 e. The van der Waals surface area contributed by atoms with E-state index in [0.29, 0.717) is 12.2 Å². The standard InChI is InChI=1S/C18H25BrO2/c1-12(2)14-5-7-15(8-6-14)17(20)11-13-4-9-18(21-3)16(19)10-13/h4,9-10,12,14-15H,5-8,11H2,1-3H3. The molecule has 2 rings (SSSR count). The van der Waals surface area contributed by atoms with Crippen LogP contribution in [0.15, 0.2) is 22.7 Å². The van der Waals surface area contributed by atoms with Crippen LogP contribution in [0.4, 0.5) is 0 Å². The van der Waals surface area contributed by atoms with E-state index in [4.69, 9.17) is 4.74 Å². The largest absolute Gasteiger partial charge is 0.496 e. The molecule has 1 aromatic carbocycles. The maximum absolute atomic E-state index is 12.5. The summed E-state index contributed by atoms with van der Waals surface area (Å²) in [7, 11) is 1.65. The van der Waals surface area contributed by atoms with Gasteiger partial charge in [0.15, 0.2) is 0 Å². The normalized spacial score (nSPS) is 22.3. The summed E-state index contributed by atoms with van der Waals surface area (Å²) < 4.78 is 6.14. The van der Waals surface area contributed by atoms with Crippen LogP contribution in [-0.4, -0.2) is 12.9 Å². The van der Waals surface area contributed by atoms with Crippen molar-refractivity contribution in [2.45, 2.75) is 46.0 Å². The summed E-state index contributed by atoms with van der Waals surface area (Å²) in [5.41, 5.74) is 1.07. The maximum atomic E-state index is 12.5. The van der Waals surface area contributed by atoms with Crippen LogP contribution in [0.25, 0.3) is 0 Å². The third-order valence-corrected chi connectivity index (χ3v) is 5.38. The number of hydrogen-bond donors (Lipinski definition) is 0. The summed E-state index contributed by atoms with van der Waals surface area (Å²) in [5, 5.41) is 0. The van der Waals surface area contributed by atoms with Gasteiger partial charge < -0.3 is 4.74 Å². The second-order valence-electron chi connectivity index (χ2n) is 6.47. The van der Waals surface area contributed by atoms with Gasteiger partial charge in [-0.25, -0.2) is 0 Å². The van der Waals surface area contributed by atoms with Crippen LogP contribution in [0.2, 0.25) is 0 Å². The molecular weight excluding hydrogens is 328 g/mol. The molecule has 2 nitrogen and oxygen atoms in total. The van der Waals surface area contributed by atoms with Gasteiger partial charge in [0.05, 0.1) is 11.6 Å². The molecule has 0 unspecified atom stereocenters. The number of ether oxygens (including phenoxy) is 1. The van der Waals surface area contributed by atoms with Crippen molar-refractivity contribution in [1.82, 2.24) is 0 Å². The number of carbonyl (C=O) groups excluding carboxylic acids is 1. The fraction of sp³-hybridized carbons (Fsp3) is 0.611. The SMILES string of the molecule is COc1ccc(CC(=O)C2CCC(C(C)C)CC2)cc1Br. The van der Waals surface area contributed by atoms with Crippen molar-refractivity contribution in [3.8, 4) is 5.75 Å². The molecule has 0 aromatic heterocycles. The number of benzene rings is 1. The van der Waals surface area contributed by atoms with Gasteiger partial charge in [-0.15, -0.1) is 0 Å². The van der Waals surface area contributed by atoms with Gasteiger partial charge in [-0.3, -0.25) is 4.79 Å². The van der Waals surface area contributed by atoms with Gasteiger partial charge in [0, 0.05) is 12.3 Å². The lowest BCUT2D eigenvalue weighted by Crippen LogP contribution is -2.25. The summed E-state index contributed by atoms with van der Waals surface area (Å²) in [6, 6.07) is 5.90. The minimum absolute atomic E-state index is 0.265. The Morgan fingerprint density at radius 2 is 1.95 bits per heavy atom. The van der Waals surface area contributed by atoms with E-state index in [-0.39, 0.29) is 5.92 Å². The second-order valence-corrected chi connectivity index (χ2v) is 7.32. The summed E-state index contributed by atoms with van der Waals surface area (Å²) in [6.45, 7) is 4.59. The Hall–Kier alpha value is -0.830. The Balaban J connectivity index is 1.92. The first-order chi connectivity index (χ1) is 10.0. The Labute approximate surface area is 136 Å². The zero-order valence-electron chi connectivity index (χ0n) is 13.2. The van der Waals surface area contributed by atoms with Crippen LogP contribution in [0.1, 0.15) is 45.1 Å². The summed E-state index contributed by atoms with van der Waals surface area (Å²) in [6.07, 6.45) is 5.10. The Morgan fingerprint density at radius 1 is 1.29 bits per heavy atom. The third-order valence-electron chi connectivity index (χ3n) is 4.76. The average molecular weight is 353 g/mol. The molecule has 0 radical (unpaired) electrons. The molecule has 0 aliphatic heterocycles. The first-order valence-electron chi connectivity index (χ1n) is 7.86. The lowest BCUT2D eigenvalue weighted by Gasteiger charge is -2.30. The molecular formula is C18H25BrO2. The van der Waals surface area contributed by atoms with E-state index in [1.165, 1.54) is 12.8 Å². The number of hydrogen-bond acceptors (Lipinski definition) is 2. The van der Waals surface area contributed by atoms with Crippen molar-refractivity contribution in [3.63, 3.8) is 0 Å². The van der Waals surface area contributed by atoms with Crippen LogP contribution in [0, 0.1) is 17.8 Å². The van der Waals surface area contributed by atoms with E-state index in [1.54, 1.807) is 7.11 Å². The molecule has 0 atom stereocenters. The second kappa shape index (κ2) is 7.44. The van der Waals surface area contributed by atoms with Gasteiger partial charge in [-0.1, -0.05) is 19.9 Å². The molecule has 3 heteroatoms. The molecule has 0 heterocycles. The van der Waals surface area contributed by atoms with E-state index in [9.17, 15) is 4.79 Å². The highest BCUT2D eigenvalue weighted by atomic mass is 79.9. The van der Waals surface area contributed by atoms with Crippen LogP contribution < -0.4 is 4.74 Å². The highest BCUT2D eigenvalue weighted by molar-refractivity contribution is 9.10. The summed E-state index contributed by atoms with van der Waals surface area (Å²) in [5.74, 6) is 3.03. The molecule has 0 saturated heterocycles. The lowest BCUT2D eigenvalue weighted by molar-refractivity contribution is -0.123. The zero-order chi connectivity index (χ0) is 15.4. The van der Waals surface area contributed by atoms with E-state index < -0.39 is 0 Å². The van der Waals surface area contributed by atoms with E-state index in [1.807, 2.05) is 18.2 Å². The molecule has 1 fully saturated rings. The molecule has 0 N–H and O–H groups in total. The number of rotatable bonds is 5. The van der Waals surface area contributed by atoms with Crippen LogP contribution >= 0.6 is 15.9 Å². The molecule has 1 saturated carbocycles. The molecule has 1 aromatic rings. The number of ketones is 1. The molecule has 0 bridgehead atoms. The van der Waals surface area contributed by atoms with Crippen molar-refractivity contribution in [3.05, 3.63) is 28.2 Å².